The number of hydrogen-bond acceptors (Lipinski definition) is 5. The van der Waals surface area contributed by atoms with Gasteiger partial charge >= 0.3 is 5.97 Å². The van der Waals surface area contributed by atoms with Gasteiger partial charge in [-0.15, -0.1) is 0 Å². The van der Waals surface area contributed by atoms with Gasteiger partial charge in [-0.1, -0.05) is 35.3 Å². The first-order valence-corrected chi connectivity index (χ1v) is 13.9. The predicted molar refractivity (Wildman–Crippen MR) is 142 cm³/mol. The number of sulfonamides is 1. The van der Waals surface area contributed by atoms with Gasteiger partial charge in [0.25, 0.3) is 0 Å². The standard InChI is InChI=1S/C26H25Cl2N3O6S/c1-26(10-4-12-31(26)38(36,37)21-15-19(27)14-20(28)16-21)25(34)29-22(24(32)33)13-17-6-8-18(9-7-17)23-5-2-3-11-30(23)35/h2-3,5-9,11,14-16,22H,4,10,12-13H2,1H3,(H,29,34)(H,32,33)/t22?,26-/m0/s1. The number of carboxylic acid groups (broad SMARTS) is 1. The van der Waals surface area contributed by atoms with E-state index in [1.807, 2.05) is 0 Å². The SMILES string of the molecule is C[C@@]1(C(=O)NC(Cc2ccc(-c3cccc[n+]3[O-])cc2)C(=O)O)CCCN1S(=O)(=O)c1cc(Cl)cc(Cl)c1. The average Bonchev–Trinajstić information content (AvgIpc) is 3.27. The van der Waals surface area contributed by atoms with E-state index >= 15 is 0 Å². The van der Waals surface area contributed by atoms with Crippen molar-refractivity contribution >= 4 is 45.1 Å². The predicted octanol–water partition coefficient (Wildman–Crippen LogP) is 3.65. The third-order valence-electron chi connectivity index (χ3n) is 6.61. The molecule has 1 fully saturated rings. The molecule has 0 radical (unpaired) electrons. The number of nitrogens with zero attached hydrogens (tertiary/aromatic N) is 2. The highest BCUT2D eigenvalue weighted by atomic mass is 35.5. The molecule has 2 N–H and O–H groups in total. The number of nitrogens with one attached hydrogen (secondary N) is 1. The van der Waals surface area contributed by atoms with Crippen molar-refractivity contribution in [3.8, 4) is 11.3 Å². The number of amides is 1. The molecule has 1 aromatic heterocycles. The van der Waals surface area contributed by atoms with Crippen LogP contribution in [0.25, 0.3) is 11.3 Å². The number of aliphatic carboxylic acids is 1. The van der Waals surface area contributed by atoms with Crippen LogP contribution in [0, 0.1) is 5.21 Å². The highest BCUT2D eigenvalue weighted by Gasteiger charge is 2.50. The van der Waals surface area contributed by atoms with Crippen LogP contribution in [0.3, 0.4) is 0 Å². The molecule has 1 saturated heterocycles. The largest absolute Gasteiger partial charge is 0.618 e. The van der Waals surface area contributed by atoms with Crippen LogP contribution >= 0.6 is 23.2 Å². The Morgan fingerprint density at radius 2 is 1.79 bits per heavy atom. The summed E-state index contributed by atoms with van der Waals surface area (Å²) in [6.45, 7) is 1.56. The van der Waals surface area contributed by atoms with Crippen LogP contribution < -0.4 is 10.0 Å². The molecule has 0 bridgehead atoms. The van der Waals surface area contributed by atoms with E-state index in [-0.39, 0.29) is 34.3 Å². The maximum absolute atomic E-state index is 13.4. The summed E-state index contributed by atoms with van der Waals surface area (Å²) < 4.78 is 28.7. The van der Waals surface area contributed by atoms with Crippen molar-refractivity contribution in [1.29, 1.82) is 0 Å². The number of carboxylic acids is 1. The Morgan fingerprint density at radius 1 is 1.13 bits per heavy atom. The molecule has 0 spiro atoms. The van der Waals surface area contributed by atoms with Crippen molar-refractivity contribution in [3.63, 3.8) is 0 Å². The van der Waals surface area contributed by atoms with Gasteiger partial charge in [0.05, 0.1) is 4.90 Å². The van der Waals surface area contributed by atoms with E-state index in [1.165, 1.54) is 31.3 Å². The zero-order valence-corrected chi connectivity index (χ0v) is 22.6. The number of benzene rings is 2. The second kappa shape index (κ2) is 10.9. The van der Waals surface area contributed by atoms with Gasteiger partial charge < -0.3 is 15.6 Å². The molecule has 4 rings (SSSR count). The zero-order chi connectivity index (χ0) is 27.7. The van der Waals surface area contributed by atoms with Crippen LogP contribution in [0.5, 0.6) is 0 Å². The maximum atomic E-state index is 13.4. The van der Waals surface area contributed by atoms with E-state index in [9.17, 15) is 28.3 Å². The van der Waals surface area contributed by atoms with Gasteiger partial charge in [-0.2, -0.15) is 9.04 Å². The Kier molecular flexibility index (Phi) is 7.98. The molecule has 200 valence electrons. The van der Waals surface area contributed by atoms with Crippen LogP contribution in [0.1, 0.15) is 25.3 Å². The van der Waals surface area contributed by atoms with Gasteiger partial charge in [0.2, 0.25) is 21.6 Å². The Bertz CT molecular complexity index is 1460. The smallest absolute Gasteiger partial charge is 0.326 e. The quantitative estimate of drug-likeness (QED) is 0.310. The normalized spacial score (nSPS) is 18.7. The second-order valence-corrected chi connectivity index (χ2v) is 12.0. The number of aromatic nitrogens is 1. The number of halogens is 2. The van der Waals surface area contributed by atoms with Crippen LogP contribution in [0.2, 0.25) is 10.0 Å². The fourth-order valence-electron chi connectivity index (χ4n) is 4.57. The third kappa shape index (κ3) is 5.63. The van der Waals surface area contributed by atoms with E-state index in [1.54, 1.807) is 42.5 Å². The van der Waals surface area contributed by atoms with E-state index in [0.717, 1.165) is 9.04 Å². The van der Waals surface area contributed by atoms with Crippen LogP contribution in [0.15, 0.2) is 71.8 Å². The Morgan fingerprint density at radius 3 is 2.39 bits per heavy atom. The maximum Gasteiger partial charge on any atom is 0.326 e. The molecule has 9 nitrogen and oxygen atoms in total. The lowest BCUT2D eigenvalue weighted by atomic mass is 9.97. The molecule has 1 amide bonds. The molecule has 2 atom stereocenters. The number of carbonyl (C=O) groups excluding carboxylic acids is 1. The first-order valence-electron chi connectivity index (χ1n) is 11.7. The van der Waals surface area contributed by atoms with Gasteiger partial charge in [0.15, 0.2) is 6.20 Å². The summed E-state index contributed by atoms with van der Waals surface area (Å²) in [6, 6.07) is 14.4. The number of pyridine rings is 1. The topological polar surface area (TPSA) is 131 Å². The molecule has 1 unspecified atom stereocenters. The molecule has 12 heteroatoms. The van der Waals surface area contributed by atoms with Crippen molar-refractivity contribution in [3.05, 3.63) is 87.7 Å². The molecule has 3 aromatic rings. The second-order valence-electron chi connectivity index (χ2n) is 9.24. The summed E-state index contributed by atoms with van der Waals surface area (Å²) >= 11 is 12.0. The lowest BCUT2D eigenvalue weighted by Crippen LogP contribution is -2.58. The Hall–Kier alpha value is -3.18. The minimum Gasteiger partial charge on any atom is -0.618 e. The van der Waals surface area contributed by atoms with Gasteiger partial charge in [-0.25, -0.2) is 13.2 Å². The third-order valence-corrected chi connectivity index (χ3v) is 9.04. The first-order chi connectivity index (χ1) is 17.9. The molecule has 1 aliphatic heterocycles. The summed E-state index contributed by atoms with van der Waals surface area (Å²) in [4.78, 5) is 25.3. The van der Waals surface area contributed by atoms with Crippen molar-refractivity contribution in [2.24, 2.45) is 0 Å². The van der Waals surface area contributed by atoms with Crippen LogP contribution in [-0.2, 0) is 26.0 Å². The average molecular weight is 578 g/mol. The highest BCUT2D eigenvalue weighted by molar-refractivity contribution is 7.89. The van der Waals surface area contributed by atoms with Gasteiger partial charge in [-0.3, -0.25) is 4.79 Å². The molecule has 1 aliphatic rings. The lowest BCUT2D eigenvalue weighted by molar-refractivity contribution is -0.593. The van der Waals surface area contributed by atoms with Gasteiger partial charge in [-0.05, 0) is 61.7 Å². The molecule has 2 heterocycles. The highest BCUT2D eigenvalue weighted by Crippen LogP contribution is 2.36. The van der Waals surface area contributed by atoms with E-state index in [0.29, 0.717) is 23.2 Å². The molecule has 0 aliphatic carbocycles. The fraction of sp³-hybridized carbons (Fsp3) is 0.269. The minimum absolute atomic E-state index is 0.0414. The van der Waals surface area contributed by atoms with Crippen molar-refractivity contribution in [2.75, 3.05) is 6.54 Å². The van der Waals surface area contributed by atoms with Crippen LogP contribution in [0.4, 0.5) is 0 Å². The number of hydrogen-bond donors (Lipinski definition) is 2. The molecule has 0 saturated carbocycles. The summed E-state index contributed by atoms with van der Waals surface area (Å²) in [5.41, 5.74) is 0.198. The van der Waals surface area contributed by atoms with E-state index < -0.39 is 33.5 Å². The Labute approximate surface area is 230 Å². The number of carbonyl (C=O) groups is 2. The Balaban J connectivity index is 1.53. The summed E-state index contributed by atoms with van der Waals surface area (Å²) in [5.74, 6) is -1.98. The van der Waals surface area contributed by atoms with Crippen molar-refractivity contribution < 1.29 is 27.8 Å². The summed E-state index contributed by atoms with van der Waals surface area (Å²) in [6.07, 6.45) is 1.96. The molecular formula is C26H25Cl2N3O6S. The first kappa shape index (κ1) is 27.8. The van der Waals surface area contributed by atoms with Gasteiger partial charge in [0, 0.05) is 40.7 Å². The van der Waals surface area contributed by atoms with E-state index in [4.69, 9.17) is 23.2 Å². The zero-order valence-electron chi connectivity index (χ0n) is 20.3. The van der Waals surface area contributed by atoms with Crippen LogP contribution in [-0.4, -0.2) is 47.8 Å². The van der Waals surface area contributed by atoms with Gasteiger partial charge in [0.1, 0.15) is 11.6 Å². The minimum atomic E-state index is -4.16. The fourth-order valence-corrected chi connectivity index (χ4v) is 7.10. The summed E-state index contributed by atoms with van der Waals surface area (Å²) in [7, 11) is -4.16. The molecular weight excluding hydrogens is 553 g/mol. The summed E-state index contributed by atoms with van der Waals surface area (Å²) in [5, 5.41) is 24.6. The molecule has 38 heavy (non-hydrogen) atoms. The van der Waals surface area contributed by atoms with E-state index in [2.05, 4.69) is 5.32 Å². The lowest BCUT2D eigenvalue weighted by Gasteiger charge is -2.34. The number of rotatable bonds is 8. The van der Waals surface area contributed by atoms with Crippen molar-refractivity contribution in [1.82, 2.24) is 9.62 Å². The monoisotopic (exact) mass is 577 g/mol. The van der Waals surface area contributed by atoms with Crippen molar-refractivity contribution in [2.45, 2.75) is 42.7 Å². The molecule has 2 aromatic carbocycles.